The van der Waals surface area contributed by atoms with E-state index < -0.39 is 5.54 Å². The molecule has 3 aromatic rings. The van der Waals surface area contributed by atoms with E-state index in [0.717, 1.165) is 16.3 Å². The first-order chi connectivity index (χ1) is 16.0. The summed E-state index contributed by atoms with van der Waals surface area (Å²) in [6, 6.07) is 14.6. The van der Waals surface area contributed by atoms with Crippen LogP contribution in [0.4, 0.5) is 4.39 Å². The number of thiazole rings is 1. The highest BCUT2D eigenvalue weighted by atomic mass is 32.1. The lowest BCUT2D eigenvalue weighted by Crippen LogP contribution is -2.44. The van der Waals surface area contributed by atoms with Crippen LogP contribution >= 0.6 is 11.3 Å². The first-order valence-electron chi connectivity index (χ1n) is 10.9. The van der Waals surface area contributed by atoms with Gasteiger partial charge < -0.3 is 15.4 Å². The Hall–Kier alpha value is -3.26. The molecule has 0 bridgehead atoms. The maximum absolute atomic E-state index is 14.5. The molecule has 172 valence electrons. The zero-order valence-corrected chi connectivity index (χ0v) is 19.2. The average Bonchev–Trinajstić information content (AvgIpc) is 3.45. The Kier molecular flexibility index (Phi) is 7.03. The monoisotopic (exact) mass is 467 g/mol. The van der Waals surface area contributed by atoms with E-state index in [4.69, 9.17) is 4.74 Å². The van der Waals surface area contributed by atoms with Crippen LogP contribution in [0, 0.1) is 5.82 Å². The zero-order chi connectivity index (χ0) is 23.3. The standard InChI is InChI=1S/C25H26FN3O3S/c1-32-19-8-7-18(20(26)13-19)14-25(12-10-23(31)29-25)11-9-22(30)27-15-24-28-21(16-33-24)17-5-3-2-4-6-17/h2-8,13,16H,9-12,14-15H2,1H3,(H,27,30)(H,29,31). The molecule has 0 radical (unpaired) electrons. The van der Waals surface area contributed by atoms with Crippen molar-refractivity contribution in [2.24, 2.45) is 0 Å². The number of ether oxygens (including phenoxy) is 1. The van der Waals surface area contributed by atoms with Gasteiger partial charge in [-0.15, -0.1) is 11.3 Å². The summed E-state index contributed by atoms with van der Waals surface area (Å²) >= 11 is 1.50. The normalized spacial score (nSPS) is 17.6. The van der Waals surface area contributed by atoms with Crippen molar-refractivity contribution in [1.29, 1.82) is 0 Å². The summed E-state index contributed by atoms with van der Waals surface area (Å²) in [4.78, 5) is 29.1. The number of benzene rings is 2. The number of methoxy groups -OCH3 is 1. The van der Waals surface area contributed by atoms with Gasteiger partial charge in [-0.2, -0.15) is 0 Å². The Labute approximate surface area is 196 Å². The highest BCUT2D eigenvalue weighted by molar-refractivity contribution is 7.09. The van der Waals surface area contributed by atoms with Crippen LogP contribution in [-0.2, 0) is 22.6 Å². The van der Waals surface area contributed by atoms with Crippen LogP contribution in [0.25, 0.3) is 11.3 Å². The fourth-order valence-corrected chi connectivity index (χ4v) is 4.84. The van der Waals surface area contributed by atoms with Gasteiger partial charge in [0.05, 0.1) is 19.3 Å². The van der Waals surface area contributed by atoms with Crippen LogP contribution in [0.15, 0.2) is 53.9 Å². The molecule has 33 heavy (non-hydrogen) atoms. The molecule has 1 aliphatic heterocycles. The lowest BCUT2D eigenvalue weighted by Gasteiger charge is -2.29. The minimum Gasteiger partial charge on any atom is -0.497 e. The number of nitrogens with zero attached hydrogens (tertiary/aromatic N) is 1. The lowest BCUT2D eigenvalue weighted by molar-refractivity contribution is -0.122. The number of halogens is 1. The quantitative estimate of drug-likeness (QED) is 0.493. The minimum absolute atomic E-state index is 0.0689. The van der Waals surface area contributed by atoms with Gasteiger partial charge >= 0.3 is 0 Å². The average molecular weight is 468 g/mol. The molecule has 2 heterocycles. The first kappa shape index (κ1) is 22.9. The molecule has 2 amide bonds. The van der Waals surface area contributed by atoms with Crippen molar-refractivity contribution >= 4 is 23.2 Å². The van der Waals surface area contributed by atoms with E-state index in [2.05, 4.69) is 15.6 Å². The lowest BCUT2D eigenvalue weighted by atomic mass is 9.84. The van der Waals surface area contributed by atoms with E-state index in [1.807, 2.05) is 35.7 Å². The molecule has 2 aromatic carbocycles. The SMILES string of the molecule is COc1ccc(CC2(CCC(=O)NCc3nc(-c4ccccc4)cs3)CCC(=O)N2)c(F)c1. The molecule has 1 aromatic heterocycles. The van der Waals surface area contributed by atoms with Gasteiger partial charge in [0.1, 0.15) is 16.6 Å². The highest BCUT2D eigenvalue weighted by Crippen LogP contribution is 2.31. The van der Waals surface area contributed by atoms with E-state index >= 15 is 0 Å². The smallest absolute Gasteiger partial charge is 0.220 e. The second-order valence-corrected chi connectivity index (χ2v) is 9.17. The third kappa shape index (κ3) is 5.76. The molecule has 6 nitrogen and oxygen atoms in total. The van der Waals surface area contributed by atoms with E-state index in [1.165, 1.54) is 24.5 Å². The molecule has 1 atom stereocenters. The van der Waals surface area contributed by atoms with Crippen molar-refractivity contribution in [1.82, 2.24) is 15.6 Å². The predicted molar refractivity (Wildman–Crippen MR) is 125 cm³/mol. The number of hydrogen-bond acceptors (Lipinski definition) is 5. The third-order valence-corrected chi connectivity index (χ3v) is 6.76. The molecular formula is C25H26FN3O3S. The van der Waals surface area contributed by atoms with Gasteiger partial charge in [0.15, 0.2) is 0 Å². The summed E-state index contributed by atoms with van der Waals surface area (Å²) in [7, 11) is 1.49. The van der Waals surface area contributed by atoms with Crippen LogP contribution in [0.1, 0.15) is 36.3 Å². The van der Waals surface area contributed by atoms with Crippen molar-refractivity contribution in [3.63, 3.8) is 0 Å². The van der Waals surface area contributed by atoms with Gasteiger partial charge in [0, 0.05) is 35.4 Å². The van der Waals surface area contributed by atoms with Crippen LogP contribution in [-0.4, -0.2) is 29.4 Å². The fourth-order valence-electron chi connectivity index (χ4n) is 4.09. The Balaban J connectivity index is 1.34. The summed E-state index contributed by atoms with van der Waals surface area (Å²) in [5.41, 5.74) is 1.79. The number of hydrogen-bond donors (Lipinski definition) is 2. The maximum atomic E-state index is 14.5. The highest BCUT2D eigenvalue weighted by Gasteiger charge is 2.38. The molecular weight excluding hydrogens is 441 g/mol. The Morgan fingerprint density at radius 3 is 2.79 bits per heavy atom. The van der Waals surface area contributed by atoms with Crippen molar-refractivity contribution < 1.29 is 18.7 Å². The number of amides is 2. The van der Waals surface area contributed by atoms with E-state index in [9.17, 15) is 14.0 Å². The van der Waals surface area contributed by atoms with Gasteiger partial charge in [0.25, 0.3) is 0 Å². The second kappa shape index (κ2) is 10.1. The zero-order valence-electron chi connectivity index (χ0n) is 18.4. The van der Waals surface area contributed by atoms with Gasteiger partial charge in [-0.1, -0.05) is 36.4 Å². The van der Waals surface area contributed by atoms with Crippen molar-refractivity contribution in [2.75, 3.05) is 7.11 Å². The van der Waals surface area contributed by atoms with Crippen LogP contribution in [0.2, 0.25) is 0 Å². The van der Waals surface area contributed by atoms with Crippen LogP contribution in [0.5, 0.6) is 5.75 Å². The van der Waals surface area contributed by atoms with Crippen molar-refractivity contribution in [3.8, 4) is 17.0 Å². The number of carbonyl (C=O) groups is 2. The molecule has 2 N–H and O–H groups in total. The number of rotatable bonds is 9. The minimum atomic E-state index is -0.633. The third-order valence-electron chi connectivity index (χ3n) is 5.91. The van der Waals surface area contributed by atoms with E-state index in [0.29, 0.717) is 43.5 Å². The molecule has 0 spiro atoms. The van der Waals surface area contributed by atoms with Gasteiger partial charge in [0.2, 0.25) is 11.8 Å². The predicted octanol–water partition coefficient (Wildman–Crippen LogP) is 4.25. The molecule has 1 fully saturated rings. The van der Waals surface area contributed by atoms with E-state index in [1.54, 1.807) is 12.1 Å². The number of carbonyl (C=O) groups excluding carboxylic acids is 2. The number of nitrogens with one attached hydrogen (secondary N) is 2. The van der Waals surface area contributed by atoms with Crippen LogP contribution < -0.4 is 15.4 Å². The van der Waals surface area contributed by atoms with Gasteiger partial charge in [-0.3, -0.25) is 9.59 Å². The Morgan fingerprint density at radius 1 is 1.27 bits per heavy atom. The summed E-state index contributed by atoms with van der Waals surface area (Å²) in [6.45, 7) is 0.350. The molecule has 4 rings (SSSR count). The van der Waals surface area contributed by atoms with Crippen molar-refractivity contribution in [3.05, 3.63) is 70.3 Å². The Bertz CT molecular complexity index is 1130. The fraction of sp³-hybridized carbons (Fsp3) is 0.320. The summed E-state index contributed by atoms with van der Waals surface area (Å²) in [6.07, 6.45) is 1.94. The first-order valence-corrected chi connectivity index (χ1v) is 11.7. The maximum Gasteiger partial charge on any atom is 0.220 e. The summed E-state index contributed by atoms with van der Waals surface area (Å²) < 4.78 is 19.6. The second-order valence-electron chi connectivity index (χ2n) is 8.23. The van der Waals surface area contributed by atoms with Gasteiger partial charge in [-0.05, 0) is 30.9 Å². The topological polar surface area (TPSA) is 80.3 Å². The van der Waals surface area contributed by atoms with Crippen molar-refractivity contribution in [2.45, 2.75) is 44.2 Å². The molecule has 1 unspecified atom stereocenters. The van der Waals surface area contributed by atoms with Gasteiger partial charge in [-0.25, -0.2) is 9.37 Å². The molecule has 1 saturated heterocycles. The molecule has 8 heteroatoms. The Morgan fingerprint density at radius 2 is 2.09 bits per heavy atom. The summed E-state index contributed by atoms with van der Waals surface area (Å²) in [5.74, 6) is -0.127. The molecule has 0 aliphatic carbocycles. The largest absolute Gasteiger partial charge is 0.497 e. The van der Waals surface area contributed by atoms with Crippen LogP contribution in [0.3, 0.4) is 0 Å². The van der Waals surface area contributed by atoms with E-state index in [-0.39, 0.29) is 24.1 Å². The number of aromatic nitrogens is 1. The molecule has 1 aliphatic rings. The summed E-state index contributed by atoms with van der Waals surface area (Å²) in [5, 5.41) is 8.71. The molecule has 0 saturated carbocycles.